The lowest BCUT2D eigenvalue weighted by Gasteiger charge is -1.94. The second-order valence-corrected chi connectivity index (χ2v) is 2.91. The maximum absolute atomic E-state index is 10.5. The van der Waals surface area contributed by atoms with Gasteiger partial charge in [0.2, 0.25) is 0 Å². The molecule has 0 radical (unpaired) electrons. The van der Waals surface area contributed by atoms with Crippen molar-refractivity contribution >= 4 is 5.97 Å². The van der Waals surface area contributed by atoms with Crippen molar-refractivity contribution in [3.63, 3.8) is 0 Å². The molecule has 0 saturated carbocycles. The van der Waals surface area contributed by atoms with Gasteiger partial charge >= 0.3 is 5.97 Å². The van der Waals surface area contributed by atoms with Gasteiger partial charge in [0.05, 0.1) is 0 Å². The highest BCUT2D eigenvalue weighted by molar-refractivity contribution is 5.91. The Morgan fingerprint density at radius 3 is 2.77 bits per heavy atom. The molecule has 0 aromatic rings. The number of allylic oxidation sites excluding steroid dienone is 5. The molecule has 0 heterocycles. The topological polar surface area (TPSA) is 61.1 Å². The monoisotopic (exact) mass is 175 g/mol. The van der Waals surface area contributed by atoms with Crippen molar-refractivity contribution < 1.29 is 9.90 Å². The fraction of sp³-hybridized carbons (Fsp3) is 0.200. The molecule has 1 aliphatic carbocycles. The van der Waals surface area contributed by atoms with Gasteiger partial charge in [-0.05, 0) is 25.0 Å². The molecule has 1 aliphatic rings. The number of aliphatic carboxylic acids is 1. The van der Waals surface area contributed by atoms with Crippen LogP contribution in [-0.2, 0) is 4.79 Å². The van der Waals surface area contributed by atoms with Gasteiger partial charge in [0.25, 0.3) is 0 Å². The molecule has 0 bridgehead atoms. The molecule has 0 unspecified atom stereocenters. The van der Waals surface area contributed by atoms with E-state index in [9.17, 15) is 4.79 Å². The highest BCUT2D eigenvalue weighted by Crippen LogP contribution is 2.20. The smallest absolute Gasteiger partial charge is 0.346 e. The molecule has 0 aliphatic heterocycles. The molecular formula is C10H9NO2. The van der Waals surface area contributed by atoms with E-state index in [0.717, 1.165) is 12.0 Å². The zero-order valence-corrected chi connectivity index (χ0v) is 7.24. The summed E-state index contributed by atoms with van der Waals surface area (Å²) in [5, 5.41) is 17.0. The van der Waals surface area contributed by atoms with Gasteiger partial charge in [-0.1, -0.05) is 17.7 Å². The number of nitrogens with zero attached hydrogens (tertiary/aromatic N) is 1. The normalized spacial score (nSPS) is 16.2. The fourth-order valence-electron chi connectivity index (χ4n) is 1.12. The van der Waals surface area contributed by atoms with Crippen molar-refractivity contribution in [3.8, 4) is 6.07 Å². The van der Waals surface area contributed by atoms with E-state index in [1.807, 2.05) is 19.1 Å². The van der Waals surface area contributed by atoms with Crippen LogP contribution in [0.4, 0.5) is 0 Å². The number of hydrogen-bond acceptors (Lipinski definition) is 2. The second kappa shape index (κ2) is 3.72. The summed E-state index contributed by atoms with van der Waals surface area (Å²) in [5.41, 5.74) is 1.83. The Hall–Kier alpha value is -1.82. The minimum Gasteiger partial charge on any atom is -0.477 e. The standard InChI is InChI=1S/C10H9NO2/c1-7-2-3-8(4-7)5-9(6-11)10(12)13/h2-3,5H,4H2,1H3,(H,12,13)/b9-5-. The molecular weight excluding hydrogens is 166 g/mol. The van der Waals surface area contributed by atoms with Crippen LogP contribution in [0.2, 0.25) is 0 Å². The Bertz CT molecular complexity index is 367. The van der Waals surface area contributed by atoms with E-state index in [0.29, 0.717) is 0 Å². The summed E-state index contributed by atoms with van der Waals surface area (Å²) in [7, 11) is 0. The first-order valence-corrected chi connectivity index (χ1v) is 3.85. The number of nitriles is 1. The predicted molar refractivity (Wildman–Crippen MR) is 47.8 cm³/mol. The lowest BCUT2D eigenvalue weighted by molar-refractivity contribution is -0.132. The highest BCUT2D eigenvalue weighted by atomic mass is 16.4. The predicted octanol–water partition coefficient (Wildman–Crippen LogP) is 1.80. The number of carbonyl (C=O) groups is 1. The summed E-state index contributed by atoms with van der Waals surface area (Å²) in [6.07, 6.45) is 5.89. The van der Waals surface area contributed by atoms with Crippen molar-refractivity contribution in [2.24, 2.45) is 0 Å². The molecule has 0 amide bonds. The van der Waals surface area contributed by atoms with E-state index in [1.165, 1.54) is 11.6 Å². The van der Waals surface area contributed by atoms with Gasteiger partial charge in [-0.2, -0.15) is 5.26 Å². The largest absolute Gasteiger partial charge is 0.477 e. The van der Waals surface area contributed by atoms with Crippen molar-refractivity contribution in [1.82, 2.24) is 0 Å². The third kappa shape index (κ3) is 2.31. The SMILES string of the molecule is CC1=CC=C(/C=C(/C#N)C(=O)O)C1. The maximum atomic E-state index is 10.5. The first-order chi connectivity index (χ1) is 6.13. The molecule has 0 atom stereocenters. The van der Waals surface area contributed by atoms with Crippen LogP contribution < -0.4 is 0 Å². The van der Waals surface area contributed by atoms with Crippen molar-refractivity contribution in [3.05, 3.63) is 34.9 Å². The summed E-state index contributed by atoms with van der Waals surface area (Å²) >= 11 is 0. The first kappa shape index (κ1) is 9.27. The average molecular weight is 175 g/mol. The summed E-state index contributed by atoms with van der Waals surface area (Å²) < 4.78 is 0. The third-order valence-electron chi connectivity index (χ3n) is 1.75. The molecule has 0 spiro atoms. The van der Waals surface area contributed by atoms with Gasteiger partial charge in [0, 0.05) is 0 Å². The zero-order valence-electron chi connectivity index (χ0n) is 7.24. The zero-order chi connectivity index (χ0) is 9.84. The van der Waals surface area contributed by atoms with Gasteiger partial charge in [0.1, 0.15) is 11.6 Å². The molecule has 1 N–H and O–H groups in total. The Morgan fingerprint density at radius 2 is 2.38 bits per heavy atom. The second-order valence-electron chi connectivity index (χ2n) is 2.91. The minimum absolute atomic E-state index is 0.214. The van der Waals surface area contributed by atoms with Crippen LogP contribution in [-0.4, -0.2) is 11.1 Å². The molecule has 3 nitrogen and oxygen atoms in total. The van der Waals surface area contributed by atoms with Gasteiger partial charge in [-0.15, -0.1) is 0 Å². The lowest BCUT2D eigenvalue weighted by atomic mass is 10.1. The lowest BCUT2D eigenvalue weighted by Crippen LogP contribution is -1.98. The fourth-order valence-corrected chi connectivity index (χ4v) is 1.12. The minimum atomic E-state index is -1.17. The van der Waals surface area contributed by atoms with Crippen molar-refractivity contribution in [2.75, 3.05) is 0 Å². The average Bonchev–Trinajstić information content (AvgIpc) is 2.46. The number of hydrogen-bond donors (Lipinski definition) is 1. The number of carboxylic acids is 1. The molecule has 1 rings (SSSR count). The van der Waals surface area contributed by atoms with Crippen LogP contribution >= 0.6 is 0 Å². The Labute approximate surface area is 76.3 Å². The van der Waals surface area contributed by atoms with E-state index < -0.39 is 5.97 Å². The van der Waals surface area contributed by atoms with Crippen LogP contribution in [0.25, 0.3) is 0 Å². The van der Waals surface area contributed by atoms with E-state index in [4.69, 9.17) is 10.4 Å². The highest BCUT2D eigenvalue weighted by Gasteiger charge is 2.08. The number of rotatable bonds is 2. The number of carboxylic acid groups (broad SMARTS) is 1. The van der Waals surface area contributed by atoms with Crippen LogP contribution in [0.5, 0.6) is 0 Å². The van der Waals surface area contributed by atoms with Crippen LogP contribution in [0.3, 0.4) is 0 Å². The Balaban J connectivity index is 2.79. The Morgan fingerprint density at radius 1 is 1.69 bits per heavy atom. The van der Waals surface area contributed by atoms with Gasteiger partial charge < -0.3 is 5.11 Å². The van der Waals surface area contributed by atoms with Crippen LogP contribution in [0, 0.1) is 11.3 Å². The summed E-state index contributed by atoms with van der Waals surface area (Å²) in [5.74, 6) is -1.17. The van der Waals surface area contributed by atoms with Gasteiger partial charge in [-0.25, -0.2) is 4.79 Å². The molecule has 3 heteroatoms. The van der Waals surface area contributed by atoms with Crippen LogP contribution in [0.1, 0.15) is 13.3 Å². The molecule has 66 valence electrons. The summed E-state index contributed by atoms with van der Waals surface area (Å²) in [6, 6.07) is 1.64. The molecule has 0 aromatic heterocycles. The summed E-state index contributed by atoms with van der Waals surface area (Å²) in [4.78, 5) is 10.5. The molecule has 0 fully saturated rings. The van der Waals surface area contributed by atoms with Crippen LogP contribution in [0.15, 0.2) is 34.9 Å². The molecule has 0 aromatic carbocycles. The van der Waals surface area contributed by atoms with Crippen molar-refractivity contribution in [2.45, 2.75) is 13.3 Å². The molecule has 0 saturated heterocycles. The molecule has 13 heavy (non-hydrogen) atoms. The van der Waals surface area contributed by atoms with E-state index in [1.54, 1.807) is 6.07 Å². The van der Waals surface area contributed by atoms with Crippen molar-refractivity contribution in [1.29, 1.82) is 5.26 Å². The van der Waals surface area contributed by atoms with E-state index >= 15 is 0 Å². The quantitative estimate of drug-likeness (QED) is 0.514. The maximum Gasteiger partial charge on any atom is 0.346 e. The van der Waals surface area contributed by atoms with E-state index in [-0.39, 0.29) is 5.57 Å². The first-order valence-electron chi connectivity index (χ1n) is 3.85. The van der Waals surface area contributed by atoms with Gasteiger partial charge in [-0.3, -0.25) is 0 Å². The third-order valence-corrected chi connectivity index (χ3v) is 1.75. The summed E-state index contributed by atoms with van der Waals surface area (Å²) in [6.45, 7) is 1.96. The van der Waals surface area contributed by atoms with E-state index in [2.05, 4.69) is 0 Å². The Kier molecular flexibility index (Phi) is 2.65. The van der Waals surface area contributed by atoms with Gasteiger partial charge in [0.15, 0.2) is 0 Å².